The molecule has 0 aromatic carbocycles. The van der Waals surface area contributed by atoms with E-state index in [9.17, 15) is 4.79 Å². The van der Waals surface area contributed by atoms with Crippen LogP contribution >= 0.6 is 0 Å². The summed E-state index contributed by atoms with van der Waals surface area (Å²) in [7, 11) is 0. The molecule has 0 saturated heterocycles. The normalized spacial score (nSPS) is 9.21. The fraction of sp³-hybridized carbons (Fsp3) is 0.400. The van der Waals surface area contributed by atoms with Gasteiger partial charge in [0.1, 0.15) is 5.69 Å². The van der Waals surface area contributed by atoms with Crippen LogP contribution in [0.2, 0.25) is 0 Å². The molecule has 4 heteroatoms. The third-order valence-electron chi connectivity index (χ3n) is 1.86. The van der Waals surface area contributed by atoms with E-state index in [1.54, 1.807) is 12.3 Å². The minimum Gasteiger partial charge on any atom is -0.477 e. The molecule has 0 bridgehead atoms. The summed E-state index contributed by atoms with van der Waals surface area (Å²) in [6.45, 7) is 2.12. The third kappa shape index (κ3) is 3.90. The number of aromatic nitrogens is 1. The van der Waals surface area contributed by atoms with Crippen molar-refractivity contribution < 1.29 is 27.0 Å². The smallest absolute Gasteiger partial charge is 0.477 e. The third-order valence-corrected chi connectivity index (χ3v) is 1.86. The van der Waals surface area contributed by atoms with Gasteiger partial charge in [0, 0.05) is 6.20 Å². The molecule has 0 aliphatic carbocycles. The van der Waals surface area contributed by atoms with E-state index in [-0.39, 0.29) is 22.8 Å². The number of hydrogen-bond donors (Lipinski definition) is 1. The Kier molecular flexibility index (Phi) is 6.17. The molecular weight excluding hydrogens is 230 g/mol. The minimum absolute atomic E-state index is 0. The topological polar surface area (TPSA) is 50.2 Å². The van der Waals surface area contributed by atoms with Gasteiger partial charge in [0.15, 0.2) is 0 Å². The van der Waals surface area contributed by atoms with E-state index in [1.807, 2.05) is 6.07 Å². The van der Waals surface area contributed by atoms with Crippen molar-refractivity contribution >= 4 is 5.97 Å². The van der Waals surface area contributed by atoms with Crippen LogP contribution in [0.15, 0.2) is 18.3 Å². The quantitative estimate of drug-likeness (QED) is 0.823. The molecular formula is C10H13CuNO2+2. The van der Waals surface area contributed by atoms with E-state index < -0.39 is 5.97 Å². The molecule has 1 N–H and O–H groups in total. The number of hydrogen-bond acceptors (Lipinski definition) is 2. The van der Waals surface area contributed by atoms with Gasteiger partial charge < -0.3 is 5.11 Å². The second kappa shape index (κ2) is 6.57. The van der Waals surface area contributed by atoms with Gasteiger partial charge in [-0.3, -0.25) is 0 Å². The zero-order chi connectivity index (χ0) is 9.68. The van der Waals surface area contributed by atoms with Gasteiger partial charge >= 0.3 is 23.0 Å². The molecule has 1 rings (SSSR count). The number of aromatic carboxylic acids is 1. The van der Waals surface area contributed by atoms with Crippen LogP contribution in [0, 0.1) is 0 Å². The Labute approximate surface area is 94.0 Å². The molecule has 0 amide bonds. The number of pyridine rings is 1. The van der Waals surface area contributed by atoms with Crippen LogP contribution in [0.5, 0.6) is 0 Å². The zero-order valence-electron chi connectivity index (χ0n) is 7.96. The van der Waals surface area contributed by atoms with Gasteiger partial charge in [-0.2, -0.15) is 0 Å². The number of unbranched alkanes of at least 4 members (excludes halogenated alkanes) is 1. The Hall–Kier alpha value is -0.861. The van der Waals surface area contributed by atoms with Gasteiger partial charge in [-0.15, -0.1) is 0 Å². The summed E-state index contributed by atoms with van der Waals surface area (Å²) in [6, 6.07) is 3.37. The molecule has 3 nitrogen and oxygen atoms in total. The number of carboxylic acids is 1. The molecule has 0 unspecified atom stereocenters. The molecule has 0 aliphatic rings. The summed E-state index contributed by atoms with van der Waals surface area (Å²) in [5, 5.41) is 8.59. The minimum atomic E-state index is -0.970. The summed E-state index contributed by atoms with van der Waals surface area (Å²) < 4.78 is 0. The van der Waals surface area contributed by atoms with Crippen molar-refractivity contribution in [3.63, 3.8) is 0 Å². The van der Waals surface area contributed by atoms with E-state index in [4.69, 9.17) is 5.11 Å². The Balaban J connectivity index is 0.00000169. The monoisotopic (exact) mass is 242 g/mol. The van der Waals surface area contributed by atoms with Crippen LogP contribution in [0.1, 0.15) is 35.8 Å². The Morgan fingerprint density at radius 3 is 2.64 bits per heavy atom. The van der Waals surface area contributed by atoms with Crippen LogP contribution in [0.3, 0.4) is 0 Å². The SMILES string of the molecule is CCCCc1ccc(C(=O)O)nc1.[Cu+2]. The summed E-state index contributed by atoms with van der Waals surface area (Å²) in [5.74, 6) is -0.970. The van der Waals surface area contributed by atoms with E-state index >= 15 is 0 Å². The number of rotatable bonds is 4. The summed E-state index contributed by atoms with van der Waals surface area (Å²) >= 11 is 0. The Bertz CT molecular complexity index is 285. The summed E-state index contributed by atoms with van der Waals surface area (Å²) in [4.78, 5) is 14.3. The van der Waals surface area contributed by atoms with Crippen molar-refractivity contribution in [1.82, 2.24) is 4.98 Å². The van der Waals surface area contributed by atoms with Crippen LogP contribution in [-0.4, -0.2) is 16.1 Å². The second-order valence-corrected chi connectivity index (χ2v) is 2.96. The van der Waals surface area contributed by atoms with Gasteiger partial charge in [-0.25, -0.2) is 9.78 Å². The van der Waals surface area contributed by atoms with Crippen LogP contribution < -0.4 is 0 Å². The van der Waals surface area contributed by atoms with E-state index in [1.165, 1.54) is 0 Å². The standard InChI is InChI=1S/C10H13NO2.Cu/c1-2-3-4-8-5-6-9(10(12)13)11-7-8;/h5-7H,2-4H2,1H3,(H,12,13);/q;+2. The number of carbonyl (C=O) groups is 1. The van der Waals surface area contributed by atoms with Crippen LogP contribution in [0.4, 0.5) is 0 Å². The Morgan fingerprint density at radius 1 is 1.50 bits per heavy atom. The van der Waals surface area contributed by atoms with Gasteiger partial charge in [-0.05, 0) is 24.5 Å². The van der Waals surface area contributed by atoms with Gasteiger partial charge in [0.25, 0.3) is 0 Å². The van der Waals surface area contributed by atoms with Crippen molar-refractivity contribution in [2.24, 2.45) is 0 Å². The Morgan fingerprint density at radius 2 is 2.21 bits per heavy atom. The molecule has 0 atom stereocenters. The van der Waals surface area contributed by atoms with Crippen molar-refractivity contribution in [3.8, 4) is 0 Å². The zero-order valence-corrected chi connectivity index (χ0v) is 8.90. The van der Waals surface area contributed by atoms with Crippen molar-refractivity contribution in [1.29, 1.82) is 0 Å². The molecule has 0 aliphatic heterocycles. The van der Waals surface area contributed by atoms with E-state index in [0.29, 0.717) is 0 Å². The molecule has 1 aromatic heterocycles. The van der Waals surface area contributed by atoms with Crippen LogP contribution in [0.25, 0.3) is 0 Å². The number of aryl methyl sites for hydroxylation is 1. The predicted molar refractivity (Wildman–Crippen MR) is 49.8 cm³/mol. The molecule has 0 saturated carbocycles. The van der Waals surface area contributed by atoms with E-state index in [0.717, 1.165) is 24.8 Å². The number of carboxylic acid groups (broad SMARTS) is 1. The average molecular weight is 243 g/mol. The fourth-order valence-corrected chi connectivity index (χ4v) is 1.08. The molecule has 0 fully saturated rings. The first-order chi connectivity index (χ1) is 6.24. The molecule has 1 aromatic rings. The van der Waals surface area contributed by atoms with Gasteiger partial charge in [0.05, 0.1) is 0 Å². The summed E-state index contributed by atoms with van der Waals surface area (Å²) in [5.41, 5.74) is 1.21. The van der Waals surface area contributed by atoms with Crippen LogP contribution in [-0.2, 0) is 23.5 Å². The molecule has 79 valence electrons. The van der Waals surface area contributed by atoms with Crippen molar-refractivity contribution in [2.45, 2.75) is 26.2 Å². The average Bonchev–Trinajstić information content (AvgIpc) is 2.15. The maximum atomic E-state index is 10.5. The first kappa shape index (κ1) is 13.1. The maximum absolute atomic E-state index is 10.5. The first-order valence-corrected chi connectivity index (χ1v) is 4.42. The first-order valence-electron chi connectivity index (χ1n) is 4.42. The summed E-state index contributed by atoms with van der Waals surface area (Å²) in [6.07, 6.45) is 4.87. The largest absolute Gasteiger partial charge is 2.00 e. The van der Waals surface area contributed by atoms with Crippen molar-refractivity contribution in [2.75, 3.05) is 0 Å². The fourth-order valence-electron chi connectivity index (χ4n) is 1.08. The van der Waals surface area contributed by atoms with E-state index in [2.05, 4.69) is 11.9 Å². The molecule has 0 spiro atoms. The second-order valence-electron chi connectivity index (χ2n) is 2.96. The molecule has 1 heterocycles. The predicted octanol–water partition coefficient (Wildman–Crippen LogP) is 2.12. The number of nitrogens with zero attached hydrogens (tertiary/aromatic N) is 1. The van der Waals surface area contributed by atoms with Gasteiger partial charge in [0.2, 0.25) is 0 Å². The maximum Gasteiger partial charge on any atom is 2.00 e. The van der Waals surface area contributed by atoms with Gasteiger partial charge in [-0.1, -0.05) is 19.4 Å². The molecule has 14 heavy (non-hydrogen) atoms. The molecule has 1 radical (unpaired) electrons. The van der Waals surface area contributed by atoms with Crippen molar-refractivity contribution in [3.05, 3.63) is 29.6 Å².